The summed E-state index contributed by atoms with van der Waals surface area (Å²) in [6, 6.07) is -0.265. The highest BCUT2D eigenvalue weighted by Gasteiger charge is 2.38. The number of nitrogens with zero attached hydrogens (tertiary/aromatic N) is 3. The first-order valence-corrected chi connectivity index (χ1v) is 7.57. The first-order chi connectivity index (χ1) is 10.0. The molecule has 1 amide bonds. The van der Waals surface area contributed by atoms with Crippen molar-refractivity contribution in [2.24, 2.45) is 11.7 Å². The molecule has 3 rings (SSSR count). The fraction of sp³-hybridized carbons (Fsp3) is 0.786. The van der Waals surface area contributed by atoms with Gasteiger partial charge in [0, 0.05) is 37.9 Å². The van der Waals surface area contributed by atoms with Crippen LogP contribution < -0.4 is 5.73 Å². The summed E-state index contributed by atoms with van der Waals surface area (Å²) in [6.45, 7) is 3.20. The maximum Gasteiger partial charge on any atom is 0.225 e. The van der Waals surface area contributed by atoms with Crippen molar-refractivity contribution in [1.29, 1.82) is 0 Å². The number of piperidine rings is 1. The van der Waals surface area contributed by atoms with Gasteiger partial charge in [0.05, 0.1) is 6.10 Å². The molecule has 3 atom stereocenters. The van der Waals surface area contributed by atoms with Crippen molar-refractivity contribution in [2.45, 2.75) is 50.7 Å². The number of amides is 1. The Balaban J connectivity index is 0.00000176. The smallest absolute Gasteiger partial charge is 0.225 e. The lowest BCUT2D eigenvalue weighted by Gasteiger charge is -2.32. The van der Waals surface area contributed by atoms with Gasteiger partial charge in [-0.1, -0.05) is 5.16 Å². The largest absolute Gasteiger partial charge is 0.391 e. The third-order valence-corrected chi connectivity index (χ3v) is 4.64. The van der Waals surface area contributed by atoms with Crippen molar-refractivity contribution in [2.75, 3.05) is 13.1 Å². The van der Waals surface area contributed by atoms with E-state index in [4.69, 9.17) is 10.3 Å². The zero-order valence-electron chi connectivity index (χ0n) is 12.6. The predicted molar refractivity (Wildman–Crippen MR) is 81.5 cm³/mol. The van der Waals surface area contributed by atoms with Crippen LogP contribution in [0.5, 0.6) is 0 Å². The highest BCUT2D eigenvalue weighted by atomic mass is 35.5. The molecule has 0 aromatic carbocycles. The number of rotatable bonds is 2. The molecule has 124 valence electrons. The number of aryl methyl sites for hydroxylation is 1. The fourth-order valence-electron chi connectivity index (χ4n) is 3.35. The number of nitrogens with two attached hydrogens (primary N) is 1. The molecule has 0 unspecified atom stereocenters. The Morgan fingerprint density at radius 2 is 2.05 bits per heavy atom. The maximum atomic E-state index is 12.4. The Bertz CT molecular complexity index is 506. The van der Waals surface area contributed by atoms with Gasteiger partial charge in [0.2, 0.25) is 11.8 Å². The highest BCUT2D eigenvalue weighted by molar-refractivity contribution is 5.85. The molecule has 3 N–H and O–H groups in total. The highest BCUT2D eigenvalue weighted by Crippen LogP contribution is 2.30. The lowest BCUT2D eigenvalue weighted by atomic mass is 9.94. The Morgan fingerprint density at radius 3 is 2.55 bits per heavy atom. The van der Waals surface area contributed by atoms with Crippen LogP contribution in [0, 0.1) is 12.8 Å². The van der Waals surface area contributed by atoms with Crippen molar-refractivity contribution in [3.8, 4) is 0 Å². The summed E-state index contributed by atoms with van der Waals surface area (Å²) in [7, 11) is 0. The molecule has 22 heavy (non-hydrogen) atoms. The van der Waals surface area contributed by atoms with Gasteiger partial charge >= 0.3 is 0 Å². The van der Waals surface area contributed by atoms with E-state index in [-0.39, 0.29) is 36.2 Å². The second-order valence-corrected chi connectivity index (χ2v) is 6.17. The summed E-state index contributed by atoms with van der Waals surface area (Å²) in [4.78, 5) is 18.6. The summed E-state index contributed by atoms with van der Waals surface area (Å²) in [5, 5.41) is 13.7. The van der Waals surface area contributed by atoms with E-state index in [9.17, 15) is 9.90 Å². The molecule has 1 aromatic rings. The minimum atomic E-state index is -0.543. The minimum absolute atomic E-state index is 0. The summed E-state index contributed by atoms with van der Waals surface area (Å²) in [6.07, 6.45) is 2.24. The van der Waals surface area contributed by atoms with Crippen LogP contribution in [0.4, 0.5) is 0 Å². The molecule has 1 aliphatic carbocycles. The first-order valence-electron chi connectivity index (χ1n) is 7.57. The van der Waals surface area contributed by atoms with Gasteiger partial charge in [0.1, 0.15) is 0 Å². The minimum Gasteiger partial charge on any atom is -0.391 e. The SMILES string of the molecule is Cc1nc(C2CCN(C(=O)[C@H]3C[C@H](N)[C@@H](O)C3)CC2)no1.Cl. The normalized spacial score (nSPS) is 29.4. The predicted octanol–water partition coefficient (Wildman–Crippen LogP) is 0.604. The Hall–Kier alpha value is -1.18. The number of carbonyl (C=O) groups is 1. The molecule has 2 fully saturated rings. The third kappa shape index (κ3) is 3.42. The zero-order valence-corrected chi connectivity index (χ0v) is 13.5. The Labute approximate surface area is 135 Å². The van der Waals surface area contributed by atoms with Crippen LogP contribution >= 0.6 is 12.4 Å². The monoisotopic (exact) mass is 330 g/mol. The maximum absolute atomic E-state index is 12.4. The average molecular weight is 331 g/mol. The second kappa shape index (κ2) is 6.93. The standard InChI is InChI=1S/C14H22N4O3.ClH/c1-8-16-13(17-21-8)9-2-4-18(5-3-9)14(20)10-6-11(15)12(19)7-10;/h9-12,19H,2-7,15H2,1H3;1H/t10-,11-,12-;/m0./s1. The topological polar surface area (TPSA) is 105 Å². The van der Waals surface area contributed by atoms with E-state index in [1.807, 2.05) is 4.90 Å². The quantitative estimate of drug-likeness (QED) is 0.822. The van der Waals surface area contributed by atoms with Gasteiger partial charge in [-0.15, -0.1) is 12.4 Å². The average Bonchev–Trinajstić information content (AvgIpc) is 3.05. The van der Waals surface area contributed by atoms with Crippen molar-refractivity contribution >= 4 is 18.3 Å². The van der Waals surface area contributed by atoms with Gasteiger partial charge in [0.25, 0.3) is 0 Å². The molecule has 7 nitrogen and oxygen atoms in total. The molecule has 1 saturated carbocycles. The van der Waals surface area contributed by atoms with Gasteiger partial charge in [-0.25, -0.2) is 0 Å². The lowest BCUT2D eigenvalue weighted by Crippen LogP contribution is -2.41. The molecule has 0 bridgehead atoms. The van der Waals surface area contributed by atoms with Gasteiger partial charge in [-0.2, -0.15) is 4.98 Å². The molecular weight excluding hydrogens is 308 g/mol. The van der Waals surface area contributed by atoms with Crippen molar-refractivity contribution in [1.82, 2.24) is 15.0 Å². The molecule has 0 radical (unpaired) electrons. The summed E-state index contributed by atoms with van der Waals surface area (Å²) in [5.74, 6) is 1.60. The number of aliphatic hydroxyl groups excluding tert-OH is 1. The number of aromatic nitrogens is 2. The van der Waals surface area contributed by atoms with Crippen LogP contribution in [0.3, 0.4) is 0 Å². The number of hydrogen-bond donors (Lipinski definition) is 2. The summed E-state index contributed by atoms with van der Waals surface area (Å²) >= 11 is 0. The zero-order chi connectivity index (χ0) is 15.0. The molecule has 0 spiro atoms. The Morgan fingerprint density at radius 1 is 1.36 bits per heavy atom. The molecule has 1 aliphatic heterocycles. The van der Waals surface area contributed by atoms with Crippen LogP contribution in [0.15, 0.2) is 4.52 Å². The van der Waals surface area contributed by atoms with Crippen molar-refractivity contribution in [3.63, 3.8) is 0 Å². The van der Waals surface area contributed by atoms with Crippen LogP contribution in [-0.2, 0) is 4.79 Å². The van der Waals surface area contributed by atoms with Crippen molar-refractivity contribution in [3.05, 3.63) is 11.7 Å². The van der Waals surface area contributed by atoms with Gasteiger partial charge in [-0.3, -0.25) is 4.79 Å². The van der Waals surface area contributed by atoms with Crippen molar-refractivity contribution < 1.29 is 14.4 Å². The van der Waals surface area contributed by atoms with Gasteiger partial charge < -0.3 is 20.3 Å². The van der Waals surface area contributed by atoms with E-state index in [0.29, 0.717) is 31.8 Å². The molecule has 1 saturated heterocycles. The summed E-state index contributed by atoms with van der Waals surface area (Å²) < 4.78 is 5.01. The molecule has 2 aliphatic rings. The molecule has 8 heteroatoms. The number of carbonyl (C=O) groups excluding carboxylic acids is 1. The van der Waals surface area contributed by atoms with E-state index < -0.39 is 6.10 Å². The molecule has 2 heterocycles. The second-order valence-electron chi connectivity index (χ2n) is 6.17. The van der Waals surface area contributed by atoms with E-state index in [1.165, 1.54) is 0 Å². The number of aliphatic hydroxyl groups is 1. The van der Waals surface area contributed by atoms with Crippen LogP contribution in [-0.4, -0.2) is 51.3 Å². The first kappa shape index (κ1) is 17.2. The van der Waals surface area contributed by atoms with E-state index in [0.717, 1.165) is 18.7 Å². The Kier molecular flexibility index (Phi) is 5.41. The fourth-order valence-corrected chi connectivity index (χ4v) is 3.35. The van der Waals surface area contributed by atoms with E-state index in [1.54, 1.807) is 6.92 Å². The number of hydrogen-bond acceptors (Lipinski definition) is 6. The third-order valence-electron chi connectivity index (χ3n) is 4.64. The van der Waals surface area contributed by atoms with E-state index >= 15 is 0 Å². The van der Waals surface area contributed by atoms with Crippen LogP contribution in [0.2, 0.25) is 0 Å². The molecule has 1 aromatic heterocycles. The van der Waals surface area contributed by atoms with E-state index in [2.05, 4.69) is 10.1 Å². The number of likely N-dealkylation sites (tertiary alicyclic amines) is 1. The van der Waals surface area contributed by atoms with Crippen LogP contribution in [0.25, 0.3) is 0 Å². The lowest BCUT2D eigenvalue weighted by molar-refractivity contribution is -0.136. The molecular formula is C14H23ClN4O3. The van der Waals surface area contributed by atoms with Gasteiger partial charge in [-0.05, 0) is 25.7 Å². The van der Waals surface area contributed by atoms with Gasteiger partial charge in [0.15, 0.2) is 5.82 Å². The summed E-state index contributed by atoms with van der Waals surface area (Å²) in [5.41, 5.74) is 5.79. The number of halogens is 1. The van der Waals surface area contributed by atoms with Crippen LogP contribution in [0.1, 0.15) is 43.3 Å².